The molecule has 30 heavy (non-hydrogen) atoms. The molecule has 0 saturated heterocycles. The first kappa shape index (κ1) is 19.8. The van der Waals surface area contributed by atoms with Gasteiger partial charge in [-0.3, -0.25) is 13.9 Å². The first-order valence-corrected chi connectivity index (χ1v) is 9.85. The van der Waals surface area contributed by atoms with Crippen molar-refractivity contribution in [2.75, 3.05) is 0 Å². The maximum absolute atomic E-state index is 14.1. The Kier molecular flexibility index (Phi) is 4.89. The molecule has 0 fully saturated rings. The zero-order valence-corrected chi connectivity index (χ0v) is 17.4. The summed E-state index contributed by atoms with van der Waals surface area (Å²) in [5, 5.41) is 4.60. The molecule has 0 amide bonds. The van der Waals surface area contributed by atoms with Crippen molar-refractivity contribution in [3.63, 3.8) is 0 Å². The number of aromatic nitrogens is 6. The van der Waals surface area contributed by atoms with Crippen LogP contribution in [0, 0.1) is 5.82 Å². The lowest BCUT2D eigenvalue weighted by molar-refractivity contribution is 0.582. The van der Waals surface area contributed by atoms with Crippen molar-refractivity contribution in [2.45, 2.75) is 33.2 Å². The minimum Gasteiger partial charge on any atom is -0.306 e. The molecular formula is C21H23FN6O2. The van der Waals surface area contributed by atoms with Gasteiger partial charge in [-0.25, -0.2) is 13.9 Å². The molecule has 0 unspecified atom stereocenters. The number of nitrogens with zero attached hydrogens (tertiary/aromatic N) is 6. The van der Waals surface area contributed by atoms with Gasteiger partial charge in [0.1, 0.15) is 5.82 Å². The minimum absolute atomic E-state index is 0.156. The summed E-state index contributed by atoms with van der Waals surface area (Å²) in [4.78, 5) is 30.7. The highest BCUT2D eigenvalue weighted by atomic mass is 19.1. The van der Waals surface area contributed by atoms with Crippen LogP contribution in [0.4, 0.5) is 4.39 Å². The first-order valence-electron chi connectivity index (χ1n) is 9.85. The number of rotatable bonds is 5. The lowest BCUT2D eigenvalue weighted by Crippen LogP contribution is -2.40. The van der Waals surface area contributed by atoms with Gasteiger partial charge in [-0.05, 0) is 25.0 Å². The molecule has 8 nitrogen and oxygen atoms in total. The summed E-state index contributed by atoms with van der Waals surface area (Å²) in [5.74, 6) is -0.00856. The Balaban J connectivity index is 1.97. The Morgan fingerprint density at radius 1 is 1.03 bits per heavy atom. The third-order valence-corrected chi connectivity index (χ3v) is 5.37. The Labute approximate surface area is 171 Å². The van der Waals surface area contributed by atoms with Gasteiger partial charge in [-0.15, -0.1) is 0 Å². The van der Waals surface area contributed by atoms with Gasteiger partial charge in [0.2, 0.25) is 5.95 Å². The summed E-state index contributed by atoms with van der Waals surface area (Å²) in [5.41, 5.74) is 1.62. The monoisotopic (exact) mass is 410 g/mol. The van der Waals surface area contributed by atoms with Crippen molar-refractivity contribution in [3.05, 3.63) is 73.9 Å². The Hall–Kier alpha value is -3.49. The quantitative estimate of drug-likeness (QED) is 0.504. The van der Waals surface area contributed by atoms with E-state index in [9.17, 15) is 14.0 Å². The van der Waals surface area contributed by atoms with E-state index in [0.717, 1.165) is 28.8 Å². The predicted molar refractivity (Wildman–Crippen MR) is 112 cm³/mol. The highest BCUT2D eigenvalue weighted by Gasteiger charge is 2.21. The second kappa shape index (κ2) is 7.40. The molecular weight excluding hydrogens is 387 g/mol. The van der Waals surface area contributed by atoms with E-state index in [-0.39, 0.29) is 23.3 Å². The highest BCUT2D eigenvalue weighted by Crippen LogP contribution is 2.17. The van der Waals surface area contributed by atoms with E-state index in [0.29, 0.717) is 5.95 Å². The summed E-state index contributed by atoms with van der Waals surface area (Å²) in [6.07, 6.45) is 1.52. The van der Waals surface area contributed by atoms with E-state index in [2.05, 4.69) is 10.1 Å². The molecule has 0 bridgehead atoms. The van der Waals surface area contributed by atoms with E-state index < -0.39 is 17.1 Å². The molecule has 0 aliphatic heterocycles. The van der Waals surface area contributed by atoms with Crippen molar-refractivity contribution in [1.82, 2.24) is 28.5 Å². The van der Waals surface area contributed by atoms with Crippen LogP contribution in [-0.2, 0) is 33.5 Å². The van der Waals surface area contributed by atoms with Gasteiger partial charge in [-0.1, -0.05) is 32.0 Å². The van der Waals surface area contributed by atoms with Gasteiger partial charge in [0.15, 0.2) is 11.2 Å². The van der Waals surface area contributed by atoms with Crippen LogP contribution in [-0.4, -0.2) is 28.5 Å². The number of benzene rings is 1. The van der Waals surface area contributed by atoms with Gasteiger partial charge >= 0.3 is 5.69 Å². The SMILES string of the molecule is CCc1cc(CC)n(-c2nc3c(c(=O)n(Cc4ccccc4F)c(=O)n3C)n2C)n1. The standard InChI is InChI=1S/C21H23FN6O2/c1-5-14-11-15(6-2)28(24-14)20-23-18-17(25(20)3)19(29)27(21(30)26(18)4)12-13-9-7-8-10-16(13)22/h7-11H,5-6,12H2,1-4H3. The van der Waals surface area contributed by atoms with Crippen LogP contribution in [0.2, 0.25) is 0 Å². The van der Waals surface area contributed by atoms with E-state index in [4.69, 9.17) is 0 Å². The van der Waals surface area contributed by atoms with Crippen molar-refractivity contribution in [3.8, 4) is 5.95 Å². The van der Waals surface area contributed by atoms with E-state index in [1.54, 1.807) is 41.5 Å². The highest BCUT2D eigenvalue weighted by molar-refractivity contribution is 5.72. The summed E-state index contributed by atoms with van der Waals surface area (Å²) < 4.78 is 19.8. The molecule has 4 aromatic rings. The summed E-state index contributed by atoms with van der Waals surface area (Å²) in [6.45, 7) is 3.88. The Morgan fingerprint density at radius 3 is 2.43 bits per heavy atom. The molecule has 0 radical (unpaired) electrons. The van der Waals surface area contributed by atoms with Crippen LogP contribution < -0.4 is 11.2 Å². The third kappa shape index (κ3) is 2.97. The summed E-state index contributed by atoms with van der Waals surface area (Å²) in [6, 6.07) is 8.11. The number of aryl methyl sites for hydroxylation is 4. The molecule has 0 spiro atoms. The fourth-order valence-electron chi connectivity index (χ4n) is 3.63. The van der Waals surface area contributed by atoms with Crippen LogP contribution >= 0.6 is 0 Å². The Bertz CT molecular complexity index is 1370. The van der Waals surface area contributed by atoms with Gasteiger partial charge in [0.05, 0.1) is 12.2 Å². The Morgan fingerprint density at radius 2 is 1.77 bits per heavy atom. The molecule has 1 aromatic carbocycles. The fraction of sp³-hybridized carbons (Fsp3) is 0.333. The number of fused-ring (bicyclic) bond motifs is 1. The first-order chi connectivity index (χ1) is 14.4. The lowest BCUT2D eigenvalue weighted by Gasteiger charge is -2.09. The molecule has 0 aliphatic rings. The number of hydrogen-bond donors (Lipinski definition) is 0. The normalized spacial score (nSPS) is 11.5. The lowest BCUT2D eigenvalue weighted by atomic mass is 10.2. The van der Waals surface area contributed by atoms with E-state index in [1.165, 1.54) is 10.6 Å². The smallest absolute Gasteiger partial charge is 0.306 e. The van der Waals surface area contributed by atoms with Gasteiger partial charge in [0.25, 0.3) is 5.56 Å². The maximum Gasteiger partial charge on any atom is 0.332 e. The third-order valence-electron chi connectivity index (χ3n) is 5.37. The number of halogens is 1. The van der Waals surface area contributed by atoms with Crippen molar-refractivity contribution < 1.29 is 4.39 Å². The predicted octanol–water partition coefficient (Wildman–Crippen LogP) is 1.93. The van der Waals surface area contributed by atoms with Crippen LogP contribution in [0.5, 0.6) is 0 Å². The molecule has 9 heteroatoms. The van der Waals surface area contributed by atoms with Crippen LogP contribution in [0.3, 0.4) is 0 Å². The zero-order chi connectivity index (χ0) is 21.6. The average molecular weight is 410 g/mol. The molecule has 0 N–H and O–H groups in total. The van der Waals surface area contributed by atoms with Crippen LogP contribution in [0.25, 0.3) is 17.1 Å². The molecule has 4 rings (SSSR count). The number of hydrogen-bond acceptors (Lipinski definition) is 4. The second-order valence-electron chi connectivity index (χ2n) is 7.21. The topological polar surface area (TPSA) is 79.6 Å². The van der Waals surface area contributed by atoms with E-state index in [1.807, 2.05) is 19.9 Å². The van der Waals surface area contributed by atoms with Crippen molar-refractivity contribution in [1.29, 1.82) is 0 Å². The molecule has 0 saturated carbocycles. The van der Waals surface area contributed by atoms with Crippen LogP contribution in [0.1, 0.15) is 30.8 Å². The van der Waals surface area contributed by atoms with Crippen molar-refractivity contribution in [2.24, 2.45) is 14.1 Å². The van der Waals surface area contributed by atoms with Gasteiger partial charge < -0.3 is 4.57 Å². The van der Waals surface area contributed by atoms with Crippen molar-refractivity contribution >= 4 is 11.2 Å². The average Bonchev–Trinajstić information content (AvgIpc) is 3.31. The van der Waals surface area contributed by atoms with E-state index >= 15 is 0 Å². The summed E-state index contributed by atoms with van der Waals surface area (Å²) >= 11 is 0. The molecule has 156 valence electrons. The molecule has 3 aromatic heterocycles. The van der Waals surface area contributed by atoms with Gasteiger partial charge in [-0.2, -0.15) is 10.1 Å². The fourth-order valence-corrected chi connectivity index (χ4v) is 3.63. The molecule has 0 atom stereocenters. The molecule has 3 heterocycles. The zero-order valence-electron chi connectivity index (χ0n) is 17.4. The molecule has 0 aliphatic carbocycles. The van der Waals surface area contributed by atoms with Crippen LogP contribution in [0.15, 0.2) is 39.9 Å². The van der Waals surface area contributed by atoms with Gasteiger partial charge in [0, 0.05) is 25.4 Å². The summed E-state index contributed by atoms with van der Waals surface area (Å²) in [7, 11) is 3.27. The number of imidazole rings is 1. The minimum atomic E-state index is -0.550. The second-order valence-corrected chi connectivity index (χ2v) is 7.21. The maximum atomic E-state index is 14.1. The largest absolute Gasteiger partial charge is 0.332 e.